The van der Waals surface area contributed by atoms with Gasteiger partial charge in [-0.25, -0.2) is 4.39 Å². The van der Waals surface area contributed by atoms with Gasteiger partial charge in [0.15, 0.2) is 0 Å². The molecule has 0 bridgehead atoms. The number of nitrogens with one attached hydrogen (secondary N) is 2. The van der Waals surface area contributed by atoms with E-state index >= 15 is 0 Å². The molecule has 1 amide bonds. The van der Waals surface area contributed by atoms with E-state index in [2.05, 4.69) is 15.3 Å². The fourth-order valence-corrected chi connectivity index (χ4v) is 3.54. The number of amides is 1. The highest BCUT2D eigenvalue weighted by atomic mass is 19.1. The third kappa shape index (κ3) is 3.87. The Bertz CT molecular complexity index is 1150. The number of hydrogen-bond acceptors (Lipinski definition) is 2. The van der Waals surface area contributed by atoms with Crippen molar-refractivity contribution in [3.63, 3.8) is 0 Å². The molecule has 5 heteroatoms. The molecular weight excluding hydrogens is 377 g/mol. The van der Waals surface area contributed by atoms with Crippen LogP contribution in [0.1, 0.15) is 35.8 Å². The van der Waals surface area contributed by atoms with E-state index in [9.17, 15) is 9.18 Å². The van der Waals surface area contributed by atoms with E-state index in [-0.39, 0.29) is 17.6 Å². The Hall–Kier alpha value is -3.73. The highest BCUT2D eigenvalue weighted by molar-refractivity contribution is 6.12. The lowest BCUT2D eigenvalue weighted by Crippen LogP contribution is -2.15. The Kier molecular flexibility index (Phi) is 5.44. The predicted octanol–water partition coefficient (Wildman–Crippen LogP) is 6.26. The van der Waals surface area contributed by atoms with Gasteiger partial charge in [0.25, 0.3) is 5.91 Å². The first-order chi connectivity index (χ1) is 14.5. The second kappa shape index (κ2) is 8.33. The van der Waals surface area contributed by atoms with Crippen LogP contribution in [0.3, 0.4) is 0 Å². The third-order valence-electron chi connectivity index (χ3n) is 4.95. The minimum atomic E-state index is -0.346. The number of carbonyl (C=O) groups excluding carboxylic acids is 1. The normalized spacial score (nSPS) is 10.9. The molecule has 4 nitrogen and oxygen atoms in total. The van der Waals surface area contributed by atoms with Crippen molar-refractivity contribution in [2.24, 2.45) is 0 Å². The summed E-state index contributed by atoms with van der Waals surface area (Å²) >= 11 is 0. The number of nitrogens with zero attached hydrogens (tertiary/aromatic N) is 1. The van der Waals surface area contributed by atoms with Crippen LogP contribution in [0.4, 0.5) is 10.1 Å². The van der Waals surface area contributed by atoms with Crippen molar-refractivity contribution in [3.8, 4) is 22.4 Å². The largest absolute Gasteiger partial charge is 0.357 e. The molecule has 0 aliphatic rings. The minimum Gasteiger partial charge on any atom is -0.357 e. The molecule has 0 fully saturated rings. The van der Waals surface area contributed by atoms with Gasteiger partial charge in [-0.15, -0.1) is 0 Å². The number of aromatic nitrogens is 2. The second-order valence-electron chi connectivity index (χ2n) is 7.39. The summed E-state index contributed by atoms with van der Waals surface area (Å²) in [7, 11) is 0. The number of benzene rings is 2. The fraction of sp³-hybridized carbons (Fsp3) is 0.120. The van der Waals surface area contributed by atoms with Crippen LogP contribution in [0.2, 0.25) is 0 Å². The zero-order valence-corrected chi connectivity index (χ0v) is 16.8. The van der Waals surface area contributed by atoms with Crippen LogP contribution in [0.5, 0.6) is 0 Å². The topological polar surface area (TPSA) is 57.8 Å². The van der Waals surface area contributed by atoms with E-state index in [0.29, 0.717) is 11.3 Å². The zero-order chi connectivity index (χ0) is 21.1. The van der Waals surface area contributed by atoms with E-state index in [4.69, 9.17) is 0 Å². The van der Waals surface area contributed by atoms with Gasteiger partial charge >= 0.3 is 0 Å². The van der Waals surface area contributed by atoms with Crippen LogP contribution in [-0.2, 0) is 0 Å². The lowest BCUT2D eigenvalue weighted by Gasteiger charge is -2.12. The maximum atomic E-state index is 13.4. The quantitative estimate of drug-likeness (QED) is 0.416. The van der Waals surface area contributed by atoms with Crippen molar-refractivity contribution in [2.75, 3.05) is 5.32 Å². The van der Waals surface area contributed by atoms with Crippen molar-refractivity contribution in [3.05, 3.63) is 96.2 Å². The molecule has 2 aromatic heterocycles. The molecule has 2 heterocycles. The summed E-state index contributed by atoms with van der Waals surface area (Å²) in [5.74, 6) is -0.497. The van der Waals surface area contributed by atoms with Gasteiger partial charge in [-0.1, -0.05) is 44.2 Å². The molecule has 0 saturated heterocycles. The smallest absolute Gasteiger partial charge is 0.258 e. The van der Waals surface area contributed by atoms with Crippen molar-refractivity contribution < 1.29 is 9.18 Å². The van der Waals surface area contributed by atoms with Gasteiger partial charge in [-0.2, -0.15) is 0 Å². The molecule has 0 spiro atoms. The standard InChI is InChI=1S/C25H22FN3O/c1-16(2)23-22(25(30)28-20-12-10-19(26)11-13-20)21(17-7-4-3-5-8-17)24(29-23)18-9-6-14-27-15-18/h3-16,29H,1-2H3,(H,28,30). The van der Waals surface area contributed by atoms with Gasteiger partial charge in [0, 0.05) is 34.9 Å². The van der Waals surface area contributed by atoms with Crippen LogP contribution in [0.25, 0.3) is 22.4 Å². The lowest BCUT2D eigenvalue weighted by molar-refractivity contribution is 0.102. The first-order valence-corrected chi connectivity index (χ1v) is 9.83. The second-order valence-corrected chi connectivity index (χ2v) is 7.39. The molecule has 0 radical (unpaired) electrons. The Balaban J connectivity index is 1.90. The summed E-state index contributed by atoms with van der Waals surface area (Å²) in [6, 6.07) is 19.4. The Morgan fingerprint density at radius 2 is 1.67 bits per heavy atom. The Labute approximate surface area is 174 Å². The van der Waals surface area contributed by atoms with Gasteiger partial charge in [-0.05, 0) is 47.9 Å². The van der Waals surface area contributed by atoms with E-state index in [1.165, 1.54) is 12.1 Å². The van der Waals surface area contributed by atoms with E-state index < -0.39 is 0 Å². The lowest BCUT2D eigenvalue weighted by atomic mass is 9.94. The van der Waals surface area contributed by atoms with Crippen molar-refractivity contribution in [1.29, 1.82) is 0 Å². The van der Waals surface area contributed by atoms with E-state index in [1.807, 2.05) is 56.3 Å². The molecule has 0 aliphatic carbocycles. The molecule has 0 atom stereocenters. The third-order valence-corrected chi connectivity index (χ3v) is 4.95. The molecule has 0 saturated carbocycles. The molecular formula is C25H22FN3O. The molecule has 2 N–H and O–H groups in total. The van der Waals surface area contributed by atoms with Crippen LogP contribution in [-0.4, -0.2) is 15.9 Å². The number of anilines is 1. The van der Waals surface area contributed by atoms with Gasteiger partial charge in [0.05, 0.1) is 11.3 Å². The number of aromatic amines is 1. The van der Waals surface area contributed by atoms with Crippen LogP contribution in [0, 0.1) is 5.82 Å². The fourth-order valence-electron chi connectivity index (χ4n) is 3.54. The summed E-state index contributed by atoms with van der Waals surface area (Å²) in [5, 5.41) is 2.91. The number of hydrogen-bond donors (Lipinski definition) is 2. The molecule has 0 aliphatic heterocycles. The monoisotopic (exact) mass is 399 g/mol. The van der Waals surface area contributed by atoms with Gasteiger partial charge < -0.3 is 10.3 Å². The number of halogens is 1. The number of rotatable bonds is 5. The molecule has 150 valence electrons. The number of carbonyl (C=O) groups is 1. The number of H-pyrrole nitrogens is 1. The van der Waals surface area contributed by atoms with Gasteiger partial charge in [-0.3, -0.25) is 9.78 Å². The first kappa shape index (κ1) is 19.6. The van der Waals surface area contributed by atoms with Gasteiger partial charge in [0.1, 0.15) is 5.82 Å². The van der Waals surface area contributed by atoms with Crippen LogP contribution < -0.4 is 5.32 Å². The van der Waals surface area contributed by atoms with Crippen LogP contribution >= 0.6 is 0 Å². The average molecular weight is 399 g/mol. The minimum absolute atomic E-state index is 0.0897. The summed E-state index contributed by atoms with van der Waals surface area (Å²) < 4.78 is 13.3. The predicted molar refractivity (Wildman–Crippen MR) is 118 cm³/mol. The molecule has 2 aromatic carbocycles. The average Bonchev–Trinajstić information content (AvgIpc) is 3.18. The zero-order valence-electron chi connectivity index (χ0n) is 16.8. The molecule has 0 unspecified atom stereocenters. The maximum absolute atomic E-state index is 13.4. The highest BCUT2D eigenvalue weighted by Gasteiger charge is 2.26. The molecule has 4 rings (SSSR count). The summed E-state index contributed by atoms with van der Waals surface area (Å²) in [5.41, 5.74) is 5.47. The Morgan fingerprint density at radius 1 is 0.967 bits per heavy atom. The Morgan fingerprint density at radius 3 is 2.30 bits per heavy atom. The summed E-state index contributed by atoms with van der Waals surface area (Å²) in [4.78, 5) is 21.1. The van der Waals surface area contributed by atoms with Gasteiger partial charge in [0.2, 0.25) is 0 Å². The van der Waals surface area contributed by atoms with E-state index in [0.717, 1.165) is 28.1 Å². The SMILES string of the molecule is CC(C)c1[nH]c(-c2cccnc2)c(-c2ccccc2)c1C(=O)Nc1ccc(F)cc1. The van der Waals surface area contributed by atoms with Crippen molar-refractivity contribution in [1.82, 2.24) is 9.97 Å². The first-order valence-electron chi connectivity index (χ1n) is 9.83. The van der Waals surface area contributed by atoms with E-state index in [1.54, 1.807) is 24.5 Å². The molecule has 4 aromatic rings. The highest BCUT2D eigenvalue weighted by Crippen LogP contribution is 2.39. The summed E-state index contributed by atoms with van der Waals surface area (Å²) in [6.07, 6.45) is 3.50. The van der Waals surface area contributed by atoms with Crippen molar-refractivity contribution in [2.45, 2.75) is 19.8 Å². The molecule has 30 heavy (non-hydrogen) atoms. The van der Waals surface area contributed by atoms with Crippen LogP contribution in [0.15, 0.2) is 79.1 Å². The summed E-state index contributed by atoms with van der Waals surface area (Å²) in [6.45, 7) is 4.09. The number of pyridine rings is 1. The van der Waals surface area contributed by atoms with Crippen molar-refractivity contribution >= 4 is 11.6 Å². The maximum Gasteiger partial charge on any atom is 0.258 e.